The Morgan fingerprint density at radius 2 is 1.66 bits per heavy atom. The molecule has 32 heavy (non-hydrogen) atoms. The van der Waals surface area contributed by atoms with Gasteiger partial charge in [0.2, 0.25) is 5.91 Å². The van der Waals surface area contributed by atoms with Gasteiger partial charge < -0.3 is 20.1 Å². The standard InChI is InChI=1S/C25H28N2O5/c1-25(2,23(30)27-13-7-12-21(27)22(28)29)15-26-24(31)32-14-20-18-10-5-3-8-16(18)17-9-4-6-11-19(17)20/h3-6,8-11,20-21H,7,12-15H2,1-2H3,(H,26,31)(H,28,29)/t21-/m0/s1. The maximum Gasteiger partial charge on any atom is 0.407 e. The van der Waals surface area contributed by atoms with E-state index in [4.69, 9.17) is 4.74 Å². The molecule has 0 spiro atoms. The van der Waals surface area contributed by atoms with Gasteiger partial charge in [0.25, 0.3) is 0 Å². The predicted octanol–water partition coefficient (Wildman–Crippen LogP) is 3.63. The van der Waals surface area contributed by atoms with Crippen molar-refractivity contribution in [3.05, 3.63) is 59.7 Å². The van der Waals surface area contributed by atoms with Gasteiger partial charge in [-0.15, -0.1) is 0 Å². The van der Waals surface area contributed by atoms with Crippen LogP contribution in [-0.4, -0.2) is 53.7 Å². The number of nitrogens with one attached hydrogen (secondary N) is 1. The largest absolute Gasteiger partial charge is 0.480 e. The summed E-state index contributed by atoms with van der Waals surface area (Å²) >= 11 is 0. The lowest BCUT2D eigenvalue weighted by Crippen LogP contribution is -2.50. The van der Waals surface area contributed by atoms with Gasteiger partial charge in [0.05, 0.1) is 5.41 Å². The number of carbonyl (C=O) groups is 3. The number of carbonyl (C=O) groups excluding carboxylic acids is 2. The Bertz CT molecular complexity index is 1000. The lowest BCUT2D eigenvalue weighted by Gasteiger charge is -2.31. The number of aliphatic carboxylic acids is 1. The Balaban J connectivity index is 1.36. The fourth-order valence-electron chi connectivity index (χ4n) is 4.67. The highest BCUT2D eigenvalue weighted by atomic mass is 16.5. The fourth-order valence-corrected chi connectivity index (χ4v) is 4.67. The molecule has 7 heteroatoms. The van der Waals surface area contributed by atoms with E-state index >= 15 is 0 Å². The highest BCUT2D eigenvalue weighted by Gasteiger charge is 2.41. The normalized spacial score (nSPS) is 17.6. The van der Waals surface area contributed by atoms with Crippen LogP contribution in [0.25, 0.3) is 11.1 Å². The number of alkyl carbamates (subject to hydrolysis) is 1. The van der Waals surface area contributed by atoms with Crippen molar-refractivity contribution in [3.8, 4) is 11.1 Å². The van der Waals surface area contributed by atoms with Gasteiger partial charge in [0, 0.05) is 19.0 Å². The summed E-state index contributed by atoms with van der Waals surface area (Å²) in [5.74, 6) is -1.30. The van der Waals surface area contributed by atoms with Crippen molar-refractivity contribution in [2.75, 3.05) is 19.7 Å². The van der Waals surface area contributed by atoms with Gasteiger partial charge in [0.15, 0.2) is 0 Å². The minimum Gasteiger partial charge on any atom is -0.480 e. The first-order valence-electron chi connectivity index (χ1n) is 10.9. The number of hydrogen-bond acceptors (Lipinski definition) is 4. The number of rotatable bonds is 6. The summed E-state index contributed by atoms with van der Waals surface area (Å²) in [5.41, 5.74) is 3.63. The molecule has 0 unspecified atom stereocenters. The first-order chi connectivity index (χ1) is 15.3. The van der Waals surface area contributed by atoms with Crippen molar-refractivity contribution in [3.63, 3.8) is 0 Å². The summed E-state index contributed by atoms with van der Waals surface area (Å²) < 4.78 is 5.53. The summed E-state index contributed by atoms with van der Waals surface area (Å²) in [6.45, 7) is 4.09. The van der Waals surface area contributed by atoms with Crippen LogP contribution in [0.3, 0.4) is 0 Å². The lowest BCUT2D eigenvalue weighted by molar-refractivity contribution is -0.152. The number of benzene rings is 2. The van der Waals surface area contributed by atoms with Crippen LogP contribution in [0.5, 0.6) is 0 Å². The molecule has 7 nitrogen and oxygen atoms in total. The van der Waals surface area contributed by atoms with Crippen molar-refractivity contribution in [1.29, 1.82) is 0 Å². The maximum absolute atomic E-state index is 12.9. The van der Waals surface area contributed by atoms with Crippen LogP contribution < -0.4 is 5.32 Å². The Morgan fingerprint density at radius 3 is 2.25 bits per heavy atom. The molecule has 0 bridgehead atoms. The quantitative estimate of drug-likeness (QED) is 0.721. The Morgan fingerprint density at radius 1 is 1.06 bits per heavy atom. The minimum atomic E-state index is -0.990. The first-order valence-corrected chi connectivity index (χ1v) is 10.9. The van der Waals surface area contributed by atoms with Crippen LogP contribution in [0.15, 0.2) is 48.5 Å². The molecule has 0 aromatic heterocycles. The molecule has 1 aliphatic carbocycles. The van der Waals surface area contributed by atoms with Crippen LogP contribution in [0, 0.1) is 5.41 Å². The van der Waals surface area contributed by atoms with E-state index in [9.17, 15) is 19.5 Å². The van der Waals surface area contributed by atoms with Crippen LogP contribution in [0.2, 0.25) is 0 Å². The number of likely N-dealkylation sites (tertiary alicyclic amines) is 1. The van der Waals surface area contributed by atoms with E-state index in [0.717, 1.165) is 22.3 Å². The third-order valence-corrected chi connectivity index (χ3v) is 6.40. The molecular formula is C25H28N2O5. The average Bonchev–Trinajstić information content (AvgIpc) is 3.39. The molecule has 1 fully saturated rings. The highest BCUT2D eigenvalue weighted by molar-refractivity contribution is 5.88. The third-order valence-electron chi connectivity index (χ3n) is 6.40. The van der Waals surface area contributed by atoms with Crippen molar-refractivity contribution in [2.24, 2.45) is 5.41 Å². The summed E-state index contributed by atoms with van der Waals surface area (Å²) in [5, 5.41) is 12.0. The molecule has 1 atom stereocenters. The van der Waals surface area contributed by atoms with Gasteiger partial charge in [-0.1, -0.05) is 48.5 Å². The molecule has 1 saturated heterocycles. The van der Waals surface area contributed by atoms with Gasteiger partial charge in [-0.2, -0.15) is 0 Å². The zero-order valence-corrected chi connectivity index (χ0v) is 18.3. The molecule has 0 saturated carbocycles. The van der Waals surface area contributed by atoms with Crippen LogP contribution in [-0.2, 0) is 14.3 Å². The number of carboxylic acid groups (broad SMARTS) is 1. The van der Waals surface area contributed by atoms with Gasteiger partial charge in [-0.3, -0.25) is 4.79 Å². The molecule has 2 N–H and O–H groups in total. The summed E-state index contributed by atoms with van der Waals surface area (Å²) in [7, 11) is 0. The maximum atomic E-state index is 12.9. The number of ether oxygens (including phenoxy) is 1. The van der Waals surface area contributed by atoms with Gasteiger partial charge in [0.1, 0.15) is 12.6 Å². The molecular weight excluding hydrogens is 408 g/mol. The lowest BCUT2D eigenvalue weighted by atomic mass is 9.91. The molecule has 1 aliphatic heterocycles. The molecule has 0 radical (unpaired) electrons. The highest BCUT2D eigenvalue weighted by Crippen LogP contribution is 2.44. The second kappa shape index (κ2) is 8.65. The summed E-state index contributed by atoms with van der Waals surface area (Å²) in [6, 6.07) is 15.4. The SMILES string of the molecule is CC(C)(CNC(=O)OCC1c2ccccc2-c2ccccc21)C(=O)N1CCC[C@H]1C(=O)O. The molecule has 4 rings (SSSR count). The topological polar surface area (TPSA) is 95.9 Å². The molecule has 2 aromatic rings. The van der Waals surface area contributed by atoms with Crippen molar-refractivity contribution in [2.45, 2.75) is 38.6 Å². The minimum absolute atomic E-state index is 0.0382. The van der Waals surface area contributed by atoms with E-state index in [0.29, 0.717) is 19.4 Å². The number of hydrogen-bond donors (Lipinski definition) is 2. The summed E-state index contributed by atoms with van der Waals surface area (Å²) in [6.07, 6.45) is 0.527. The fraction of sp³-hybridized carbons (Fsp3) is 0.400. The van der Waals surface area contributed by atoms with E-state index in [2.05, 4.69) is 29.6 Å². The second-order valence-corrected chi connectivity index (χ2v) is 9.06. The predicted molar refractivity (Wildman–Crippen MR) is 119 cm³/mol. The van der Waals surface area contributed by atoms with Crippen molar-refractivity contribution >= 4 is 18.0 Å². The zero-order valence-electron chi connectivity index (χ0n) is 18.3. The van der Waals surface area contributed by atoms with Crippen molar-refractivity contribution in [1.82, 2.24) is 10.2 Å². The number of nitrogens with zero attached hydrogens (tertiary/aromatic N) is 1. The zero-order chi connectivity index (χ0) is 22.9. The second-order valence-electron chi connectivity index (χ2n) is 9.06. The van der Waals surface area contributed by atoms with E-state index in [-0.39, 0.29) is 25.0 Å². The smallest absolute Gasteiger partial charge is 0.407 e. The van der Waals surface area contributed by atoms with Crippen molar-refractivity contribution < 1.29 is 24.2 Å². The average molecular weight is 437 g/mol. The number of fused-ring (bicyclic) bond motifs is 3. The Kier molecular flexibility index (Phi) is 5.91. The Labute approximate surface area is 187 Å². The Hall–Kier alpha value is -3.35. The first kappa shape index (κ1) is 21.9. The third kappa shape index (κ3) is 4.07. The van der Waals surface area contributed by atoms with E-state index < -0.39 is 23.5 Å². The van der Waals surface area contributed by atoms with Gasteiger partial charge in [-0.25, -0.2) is 9.59 Å². The van der Waals surface area contributed by atoms with Crippen LogP contribution in [0.1, 0.15) is 43.7 Å². The molecule has 2 aromatic carbocycles. The van der Waals surface area contributed by atoms with Crippen LogP contribution >= 0.6 is 0 Å². The molecule has 2 aliphatic rings. The number of carboxylic acids is 1. The molecule has 1 heterocycles. The molecule has 168 valence electrons. The van der Waals surface area contributed by atoms with Crippen LogP contribution in [0.4, 0.5) is 4.79 Å². The van der Waals surface area contributed by atoms with E-state index in [1.165, 1.54) is 4.90 Å². The number of amides is 2. The molecule has 2 amide bonds. The van der Waals surface area contributed by atoms with E-state index in [1.54, 1.807) is 13.8 Å². The summed E-state index contributed by atoms with van der Waals surface area (Å²) in [4.78, 5) is 38.2. The van der Waals surface area contributed by atoms with Gasteiger partial charge >= 0.3 is 12.1 Å². The monoisotopic (exact) mass is 436 g/mol. The van der Waals surface area contributed by atoms with E-state index in [1.807, 2.05) is 24.3 Å². The van der Waals surface area contributed by atoms with Gasteiger partial charge in [-0.05, 0) is 48.9 Å².